The fraction of sp³-hybridized carbons (Fsp3) is 0.579. The molecule has 3 N–H and O–H groups in total. The van der Waals surface area contributed by atoms with Crippen LogP contribution in [0.15, 0.2) is 23.2 Å². The standard InChI is InChI=1S/C19H30Cl2N4O3/c1-3-4-10-27-12-13-28-11-9-25-19(22-2)24-8-7-23-18(26)15-5-6-16(20)17(21)14-15/h5-6,14H,3-4,7-13H2,1-2H3,(H,23,26)(H2,22,24,25). The van der Waals surface area contributed by atoms with Gasteiger partial charge in [-0.05, 0) is 24.6 Å². The van der Waals surface area contributed by atoms with Crippen molar-refractivity contribution in [3.8, 4) is 0 Å². The Bertz CT molecular complexity index is 615. The van der Waals surface area contributed by atoms with Crippen LogP contribution in [0.4, 0.5) is 0 Å². The van der Waals surface area contributed by atoms with Gasteiger partial charge in [0.2, 0.25) is 0 Å². The first-order chi connectivity index (χ1) is 13.6. The summed E-state index contributed by atoms with van der Waals surface area (Å²) in [6, 6.07) is 4.77. The Morgan fingerprint density at radius 1 is 0.964 bits per heavy atom. The highest BCUT2D eigenvalue weighted by Gasteiger charge is 2.07. The Labute approximate surface area is 177 Å². The van der Waals surface area contributed by atoms with E-state index in [1.54, 1.807) is 25.2 Å². The van der Waals surface area contributed by atoms with Crippen LogP contribution >= 0.6 is 23.2 Å². The van der Waals surface area contributed by atoms with Gasteiger partial charge in [-0.2, -0.15) is 0 Å². The van der Waals surface area contributed by atoms with Crippen molar-refractivity contribution < 1.29 is 14.3 Å². The van der Waals surface area contributed by atoms with Crippen LogP contribution < -0.4 is 16.0 Å². The topological polar surface area (TPSA) is 84.0 Å². The second-order valence-corrected chi connectivity index (χ2v) is 6.70. The Hall–Kier alpha value is -1.54. The van der Waals surface area contributed by atoms with Crippen LogP contribution in [0, 0.1) is 0 Å². The highest BCUT2D eigenvalue weighted by molar-refractivity contribution is 6.42. The summed E-state index contributed by atoms with van der Waals surface area (Å²) in [5, 5.41) is 9.84. The third kappa shape index (κ3) is 10.7. The quantitative estimate of drug-likeness (QED) is 0.253. The largest absolute Gasteiger partial charge is 0.379 e. The normalized spacial score (nSPS) is 11.4. The van der Waals surface area contributed by atoms with Crippen molar-refractivity contribution in [1.29, 1.82) is 0 Å². The molecule has 0 unspecified atom stereocenters. The summed E-state index contributed by atoms with van der Waals surface area (Å²) in [6.07, 6.45) is 2.22. The smallest absolute Gasteiger partial charge is 0.251 e. The number of nitrogens with zero attached hydrogens (tertiary/aromatic N) is 1. The number of carbonyl (C=O) groups excluding carboxylic acids is 1. The first kappa shape index (κ1) is 24.5. The van der Waals surface area contributed by atoms with E-state index < -0.39 is 0 Å². The third-order valence-corrected chi connectivity index (χ3v) is 4.40. The van der Waals surface area contributed by atoms with Crippen LogP contribution in [-0.4, -0.2) is 65.0 Å². The van der Waals surface area contributed by atoms with Gasteiger partial charge in [0.1, 0.15) is 0 Å². The second kappa shape index (κ2) is 15.4. The fourth-order valence-corrected chi connectivity index (χ4v) is 2.43. The van der Waals surface area contributed by atoms with Crippen molar-refractivity contribution in [3.05, 3.63) is 33.8 Å². The number of aliphatic imine (C=N–C) groups is 1. The van der Waals surface area contributed by atoms with Gasteiger partial charge >= 0.3 is 0 Å². The van der Waals surface area contributed by atoms with Gasteiger partial charge in [-0.3, -0.25) is 9.79 Å². The molecule has 0 aliphatic rings. The zero-order valence-corrected chi connectivity index (χ0v) is 18.0. The van der Waals surface area contributed by atoms with Crippen molar-refractivity contribution in [2.75, 3.05) is 53.1 Å². The monoisotopic (exact) mass is 432 g/mol. The van der Waals surface area contributed by atoms with Crippen molar-refractivity contribution >= 4 is 35.1 Å². The van der Waals surface area contributed by atoms with Crippen LogP contribution in [0.3, 0.4) is 0 Å². The summed E-state index contributed by atoms with van der Waals surface area (Å²) in [6.45, 7) is 6.27. The Kier molecular flexibility index (Phi) is 13.5. The number of halogens is 2. The molecule has 0 fully saturated rings. The molecule has 7 nitrogen and oxygen atoms in total. The lowest BCUT2D eigenvalue weighted by molar-refractivity contribution is 0.0487. The van der Waals surface area contributed by atoms with Gasteiger partial charge in [0.25, 0.3) is 5.91 Å². The molecule has 0 aromatic heterocycles. The van der Waals surface area contributed by atoms with Crippen molar-refractivity contribution in [2.45, 2.75) is 19.8 Å². The molecule has 28 heavy (non-hydrogen) atoms. The molecule has 1 aromatic rings. The number of hydrogen-bond acceptors (Lipinski definition) is 4. The van der Waals surface area contributed by atoms with Gasteiger partial charge in [0, 0.05) is 38.9 Å². The maximum Gasteiger partial charge on any atom is 0.251 e. The number of ether oxygens (including phenoxy) is 2. The predicted molar refractivity (Wildman–Crippen MR) is 115 cm³/mol. The molecule has 158 valence electrons. The average Bonchev–Trinajstić information content (AvgIpc) is 2.70. The summed E-state index contributed by atoms with van der Waals surface area (Å²) in [5.74, 6) is 0.435. The van der Waals surface area contributed by atoms with E-state index in [0.717, 1.165) is 19.4 Å². The lowest BCUT2D eigenvalue weighted by atomic mass is 10.2. The minimum atomic E-state index is -0.210. The highest BCUT2D eigenvalue weighted by atomic mass is 35.5. The first-order valence-electron chi connectivity index (χ1n) is 9.41. The molecule has 1 rings (SSSR count). The van der Waals surface area contributed by atoms with E-state index in [1.807, 2.05) is 0 Å². The van der Waals surface area contributed by atoms with Gasteiger partial charge in [-0.1, -0.05) is 36.5 Å². The molecule has 0 bridgehead atoms. The number of carbonyl (C=O) groups is 1. The lowest BCUT2D eigenvalue weighted by Gasteiger charge is -2.12. The maximum atomic E-state index is 12.1. The molecule has 9 heteroatoms. The van der Waals surface area contributed by atoms with Gasteiger partial charge < -0.3 is 25.4 Å². The molecule has 0 radical (unpaired) electrons. The first-order valence-corrected chi connectivity index (χ1v) is 10.2. The number of guanidine groups is 1. The van der Waals surface area contributed by atoms with E-state index in [1.165, 1.54) is 0 Å². The van der Waals surface area contributed by atoms with Crippen molar-refractivity contribution in [2.24, 2.45) is 4.99 Å². The SMILES string of the molecule is CCCCOCCOCCNC(=NC)NCCNC(=O)c1ccc(Cl)c(Cl)c1. The van der Waals surface area contributed by atoms with Crippen LogP contribution in [-0.2, 0) is 9.47 Å². The second-order valence-electron chi connectivity index (χ2n) is 5.89. The van der Waals surface area contributed by atoms with Crippen LogP contribution in [0.25, 0.3) is 0 Å². The molecule has 0 saturated carbocycles. The van der Waals surface area contributed by atoms with E-state index in [0.29, 0.717) is 61.0 Å². The number of amides is 1. The number of rotatable bonds is 13. The molecule has 0 heterocycles. The zero-order valence-electron chi connectivity index (χ0n) is 16.5. The molecule has 0 spiro atoms. The van der Waals surface area contributed by atoms with Crippen molar-refractivity contribution in [3.63, 3.8) is 0 Å². The fourth-order valence-electron chi connectivity index (χ4n) is 2.13. The zero-order chi connectivity index (χ0) is 20.6. The average molecular weight is 433 g/mol. The Morgan fingerprint density at radius 2 is 1.64 bits per heavy atom. The number of benzene rings is 1. The molecule has 0 saturated heterocycles. The number of unbranched alkanes of at least 4 members (excludes halogenated alkanes) is 1. The number of nitrogens with one attached hydrogen (secondary N) is 3. The van der Waals surface area contributed by atoms with E-state index in [4.69, 9.17) is 32.7 Å². The molecule has 0 aliphatic heterocycles. The van der Waals surface area contributed by atoms with Gasteiger partial charge in [-0.15, -0.1) is 0 Å². The van der Waals surface area contributed by atoms with Crippen LogP contribution in [0.1, 0.15) is 30.1 Å². The van der Waals surface area contributed by atoms with Crippen molar-refractivity contribution in [1.82, 2.24) is 16.0 Å². The Balaban J connectivity index is 2.09. The summed E-state index contributed by atoms with van der Waals surface area (Å²) in [5.41, 5.74) is 0.465. The third-order valence-electron chi connectivity index (χ3n) is 3.66. The summed E-state index contributed by atoms with van der Waals surface area (Å²) >= 11 is 11.8. The number of hydrogen-bond donors (Lipinski definition) is 3. The minimum Gasteiger partial charge on any atom is -0.379 e. The summed E-state index contributed by atoms with van der Waals surface area (Å²) < 4.78 is 10.9. The summed E-state index contributed by atoms with van der Waals surface area (Å²) in [4.78, 5) is 16.2. The molecule has 0 aliphatic carbocycles. The maximum absolute atomic E-state index is 12.1. The van der Waals surface area contributed by atoms with E-state index >= 15 is 0 Å². The predicted octanol–water partition coefficient (Wildman–Crippen LogP) is 2.72. The van der Waals surface area contributed by atoms with Crippen LogP contribution in [0.2, 0.25) is 10.0 Å². The molecular weight excluding hydrogens is 403 g/mol. The molecular formula is C19H30Cl2N4O3. The lowest BCUT2D eigenvalue weighted by Crippen LogP contribution is -2.42. The minimum absolute atomic E-state index is 0.210. The molecule has 0 atom stereocenters. The Morgan fingerprint density at radius 3 is 2.32 bits per heavy atom. The van der Waals surface area contributed by atoms with Crippen LogP contribution in [0.5, 0.6) is 0 Å². The van der Waals surface area contributed by atoms with E-state index in [9.17, 15) is 4.79 Å². The summed E-state index contributed by atoms with van der Waals surface area (Å²) in [7, 11) is 1.69. The molecule has 1 aromatic carbocycles. The van der Waals surface area contributed by atoms with Gasteiger partial charge in [0.05, 0.1) is 29.9 Å². The van der Waals surface area contributed by atoms with Gasteiger partial charge in [-0.25, -0.2) is 0 Å². The highest BCUT2D eigenvalue weighted by Crippen LogP contribution is 2.22. The van der Waals surface area contributed by atoms with E-state index in [-0.39, 0.29) is 5.91 Å². The van der Waals surface area contributed by atoms with Gasteiger partial charge in [0.15, 0.2) is 5.96 Å². The molecule has 1 amide bonds. The van der Waals surface area contributed by atoms with E-state index in [2.05, 4.69) is 27.9 Å².